The van der Waals surface area contributed by atoms with Gasteiger partial charge in [-0.1, -0.05) is 6.92 Å². The summed E-state index contributed by atoms with van der Waals surface area (Å²) < 4.78 is 0. The first-order valence-corrected chi connectivity index (χ1v) is 3.56. The molecule has 0 aliphatic carbocycles. The Morgan fingerprint density at radius 3 is 2.64 bits per heavy atom. The van der Waals surface area contributed by atoms with Gasteiger partial charge in [0.15, 0.2) is 0 Å². The van der Waals surface area contributed by atoms with Crippen LogP contribution in [0.3, 0.4) is 0 Å². The molecule has 4 nitrogen and oxygen atoms in total. The van der Waals surface area contributed by atoms with Crippen molar-refractivity contribution < 1.29 is 4.79 Å². The van der Waals surface area contributed by atoms with Crippen molar-refractivity contribution in [3.63, 3.8) is 0 Å². The Labute approximate surface area is 66.4 Å². The standard InChI is InChI=1S/C7H13N3O/c1-3-6(7(9)11)10-5(2)4-8/h5-6,10H,3H2,1-2H3,(H2,9,11). The molecule has 0 saturated heterocycles. The van der Waals surface area contributed by atoms with Crippen molar-refractivity contribution in [3.8, 4) is 6.07 Å². The molecular formula is C7H13N3O. The van der Waals surface area contributed by atoms with Crippen LogP contribution in [0.25, 0.3) is 0 Å². The molecule has 0 spiro atoms. The number of hydrogen-bond acceptors (Lipinski definition) is 3. The predicted octanol–water partition coefficient (Wildman–Crippen LogP) is -0.248. The number of rotatable bonds is 4. The van der Waals surface area contributed by atoms with Gasteiger partial charge in [0.2, 0.25) is 5.91 Å². The highest BCUT2D eigenvalue weighted by molar-refractivity contribution is 5.79. The van der Waals surface area contributed by atoms with E-state index in [1.165, 1.54) is 0 Å². The molecule has 0 aromatic rings. The van der Waals surface area contributed by atoms with Crippen molar-refractivity contribution in [3.05, 3.63) is 0 Å². The predicted molar refractivity (Wildman–Crippen MR) is 41.5 cm³/mol. The number of hydrogen-bond donors (Lipinski definition) is 2. The maximum Gasteiger partial charge on any atom is 0.234 e. The second-order valence-electron chi connectivity index (χ2n) is 2.38. The first-order chi connectivity index (χ1) is 5.11. The van der Waals surface area contributed by atoms with Gasteiger partial charge in [0.1, 0.15) is 0 Å². The fourth-order valence-electron chi connectivity index (χ4n) is 0.740. The molecule has 0 aliphatic rings. The van der Waals surface area contributed by atoms with Gasteiger partial charge in [-0.05, 0) is 13.3 Å². The number of nitrogens with one attached hydrogen (secondary N) is 1. The smallest absolute Gasteiger partial charge is 0.234 e. The van der Waals surface area contributed by atoms with E-state index in [0.717, 1.165) is 0 Å². The van der Waals surface area contributed by atoms with Gasteiger partial charge in [-0.3, -0.25) is 10.1 Å². The van der Waals surface area contributed by atoms with Crippen molar-refractivity contribution >= 4 is 5.91 Å². The average Bonchev–Trinajstić information content (AvgIpc) is 1.99. The summed E-state index contributed by atoms with van der Waals surface area (Å²) in [6.45, 7) is 3.53. The molecule has 0 heterocycles. The Morgan fingerprint density at radius 2 is 2.36 bits per heavy atom. The molecule has 2 atom stereocenters. The lowest BCUT2D eigenvalue weighted by Gasteiger charge is -2.13. The van der Waals surface area contributed by atoms with Crippen LogP contribution in [0.2, 0.25) is 0 Å². The topological polar surface area (TPSA) is 78.9 Å². The molecule has 0 aliphatic heterocycles. The first kappa shape index (κ1) is 9.92. The summed E-state index contributed by atoms with van der Waals surface area (Å²) >= 11 is 0. The third-order valence-corrected chi connectivity index (χ3v) is 1.40. The van der Waals surface area contributed by atoms with Crippen molar-refractivity contribution in [1.29, 1.82) is 5.26 Å². The van der Waals surface area contributed by atoms with Gasteiger partial charge in [-0.15, -0.1) is 0 Å². The molecule has 0 radical (unpaired) electrons. The zero-order valence-corrected chi connectivity index (χ0v) is 6.79. The van der Waals surface area contributed by atoms with E-state index in [1.54, 1.807) is 6.92 Å². The summed E-state index contributed by atoms with van der Waals surface area (Å²) in [7, 11) is 0. The lowest BCUT2D eigenvalue weighted by atomic mass is 10.2. The molecule has 0 aromatic heterocycles. The number of carbonyl (C=O) groups excluding carboxylic acids is 1. The summed E-state index contributed by atoms with van der Waals surface area (Å²) in [6, 6.07) is 1.25. The van der Waals surface area contributed by atoms with Crippen molar-refractivity contribution in [2.24, 2.45) is 5.73 Å². The van der Waals surface area contributed by atoms with E-state index in [-0.39, 0.29) is 12.1 Å². The zero-order valence-electron chi connectivity index (χ0n) is 6.79. The fourth-order valence-corrected chi connectivity index (χ4v) is 0.740. The minimum atomic E-state index is -0.408. The summed E-state index contributed by atoms with van der Waals surface area (Å²) in [6.07, 6.45) is 0.612. The summed E-state index contributed by atoms with van der Waals surface area (Å²) in [5.41, 5.74) is 5.04. The molecule has 62 valence electrons. The van der Waals surface area contributed by atoms with Crippen molar-refractivity contribution in [2.75, 3.05) is 0 Å². The molecule has 11 heavy (non-hydrogen) atoms. The molecule has 2 unspecified atom stereocenters. The van der Waals surface area contributed by atoms with E-state index in [1.807, 2.05) is 13.0 Å². The van der Waals surface area contributed by atoms with Crippen LogP contribution in [0, 0.1) is 11.3 Å². The van der Waals surface area contributed by atoms with Gasteiger partial charge < -0.3 is 5.73 Å². The molecule has 0 fully saturated rings. The first-order valence-electron chi connectivity index (χ1n) is 3.56. The van der Waals surface area contributed by atoms with Gasteiger partial charge in [-0.25, -0.2) is 0 Å². The summed E-state index contributed by atoms with van der Waals surface area (Å²) in [4.78, 5) is 10.6. The number of primary amides is 1. The van der Waals surface area contributed by atoms with Crippen LogP contribution in [-0.2, 0) is 4.79 Å². The Morgan fingerprint density at radius 1 is 1.82 bits per heavy atom. The molecular weight excluding hydrogens is 142 g/mol. The van der Waals surface area contributed by atoms with Gasteiger partial charge in [-0.2, -0.15) is 5.26 Å². The van der Waals surface area contributed by atoms with Gasteiger partial charge in [0.25, 0.3) is 0 Å². The molecule has 0 rings (SSSR count). The van der Waals surface area contributed by atoms with Crippen LogP contribution in [0.1, 0.15) is 20.3 Å². The monoisotopic (exact) mass is 155 g/mol. The number of nitrogens with zero attached hydrogens (tertiary/aromatic N) is 1. The summed E-state index contributed by atoms with van der Waals surface area (Å²) in [5.74, 6) is -0.408. The normalized spacial score (nSPS) is 15.0. The molecule has 4 heteroatoms. The number of nitrogens with two attached hydrogens (primary N) is 1. The lowest BCUT2D eigenvalue weighted by molar-refractivity contribution is -0.120. The Bertz CT molecular complexity index is 173. The van der Waals surface area contributed by atoms with Gasteiger partial charge in [0.05, 0.1) is 18.2 Å². The van der Waals surface area contributed by atoms with E-state index >= 15 is 0 Å². The second kappa shape index (κ2) is 4.69. The average molecular weight is 155 g/mol. The van der Waals surface area contributed by atoms with E-state index < -0.39 is 5.91 Å². The van der Waals surface area contributed by atoms with Crippen LogP contribution < -0.4 is 11.1 Å². The quantitative estimate of drug-likeness (QED) is 0.587. The SMILES string of the molecule is CCC(NC(C)C#N)C(N)=O. The highest BCUT2D eigenvalue weighted by atomic mass is 16.1. The molecule has 3 N–H and O–H groups in total. The van der Waals surface area contributed by atoms with E-state index in [4.69, 9.17) is 11.0 Å². The van der Waals surface area contributed by atoms with Crippen molar-refractivity contribution in [2.45, 2.75) is 32.4 Å². The number of carbonyl (C=O) groups is 1. The van der Waals surface area contributed by atoms with Crippen LogP contribution >= 0.6 is 0 Å². The number of nitriles is 1. The molecule has 0 saturated carbocycles. The fraction of sp³-hybridized carbons (Fsp3) is 0.714. The van der Waals surface area contributed by atoms with Gasteiger partial charge in [0, 0.05) is 0 Å². The minimum absolute atomic E-state index is 0.326. The molecule has 0 bridgehead atoms. The maximum absolute atomic E-state index is 10.6. The zero-order chi connectivity index (χ0) is 8.85. The highest BCUT2D eigenvalue weighted by Crippen LogP contribution is 1.91. The van der Waals surface area contributed by atoms with Gasteiger partial charge >= 0.3 is 0 Å². The van der Waals surface area contributed by atoms with E-state index in [2.05, 4.69) is 5.32 Å². The van der Waals surface area contributed by atoms with E-state index in [9.17, 15) is 4.79 Å². The number of amides is 1. The Balaban J connectivity index is 3.90. The minimum Gasteiger partial charge on any atom is -0.368 e. The highest BCUT2D eigenvalue weighted by Gasteiger charge is 2.14. The Kier molecular flexibility index (Phi) is 4.23. The summed E-state index contributed by atoms with van der Waals surface area (Å²) in [5, 5.41) is 11.2. The van der Waals surface area contributed by atoms with Crippen molar-refractivity contribution in [1.82, 2.24) is 5.32 Å². The van der Waals surface area contributed by atoms with Crippen LogP contribution in [-0.4, -0.2) is 18.0 Å². The molecule has 1 amide bonds. The van der Waals surface area contributed by atoms with Crippen LogP contribution in [0.4, 0.5) is 0 Å². The Hall–Kier alpha value is -1.08. The maximum atomic E-state index is 10.6. The second-order valence-corrected chi connectivity index (χ2v) is 2.38. The lowest BCUT2D eigenvalue weighted by Crippen LogP contribution is -2.44. The van der Waals surface area contributed by atoms with E-state index in [0.29, 0.717) is 6.42 Å². The largest absolute Gasteiger partial charge is 0.368 e. The van der Waals surface area contributed by atoms with Crippen LogP contribution in [0.5, 0.6) is 0 Å². The van der Waals surface area contributed by atoms with Crippen LogP contribution in [0.15, 0.2) is 0 Å². The molecule has 0 aromatic carbocycles. The third kappa shape index (κ3) is 3.58. The third-order valence-electron chi connectivity index (χ3n) is 1.40.